The summed E-state index contributed by atoms with van der Waals surface area (Å²) in [6.45, 7) is 1.78. The summed E-state index contributed by atoms with van der Waals surface area (Å²) in [5, 5.41) is 1.33. The second-order valence-corrected chi connectivity index (χ2v) is 12.7. The van der Waals surface area contributed by atoms with E-state index in [2.05, 4.69) is 22.8 Å². The number of halogens is 2. The third-order valence-corrected chi connectivity index (χ3v) is 9.81. The van der Waals surface area contributed by atoms with Crippen molar-refractivity contribution in [2.45, 2.75) is 35.8 Å². The number of rotatable bonds is 6. The molecule has 3 heterocycles. The van der Waals surface area contributed by atoms with Crippen LogP contribution in [-0.4, -0.2) is 60.1 Å². The minimum absolute atomic E-state index is 0.0768. The minimum atomic E-state index is -3.91. The Morgan fingerprint density at radius 3 is 2.78 bits per heavy atom. The molecule has 1 N–H and O–H groups in total. The van der Waals surface area contributed by atoms with Gasteiger partial charge in [0, 0.05) is 30.0 Å². The van der Waals surface area contributed by atoms with Gasteiger partial charge in [0.1, 0.15) is 5.04 Å². The molecule has 3 aromatic rings. The van der Waals surface area contributed by atoms with Crippen LogP contribution in [0.1, 0.15) is 24.1 Å². The lowest BCUT2D eigenvalue weighted by Crippen LogP contribution is -2.33. The third kappa shape index (κ3) is 4.85. The first-order valence-electron chi connectivity index (χ1n) is 11.3. The van der Waals surface area contributed by atoms with Crippen LogP contribution in [0, 0.1) is 6.92 Å². The number of carbonyl (C=O) groups excluding carboxylic acids is 1. The van der Waals surface area contributed by atoms with E-state index in [-0.39, 0.29) is 35.4 Å². The van der Waals surface area contributed by atoms with E-state index in [9.17, 15) is 22.0 Å². The van der Waals surface area contributed by atoms with Gasteiger partial charge in [-0.1, -0.05) is 36.0 Å². The lowest BCUT2D eigenvalue weighted by Gasteiger charge is -2.19. The Labute approximate surface area is 217 Å². The number of para-hydroxylation sites is 1. The lowest BCUT2D eigenvalue weighted by atomic mass is 10.2. The molecule has 1 aromatic heterocycles. The van der Waals surface area contributed by atoms with E-state index in [1.807, 2.05) is 25.1 Å². The van der Waals surface area contributed by atoms with Gasteiger partial charge in [0.2, 0.25) is 5.91 Å². The average Bonchev–Trinajstić information content (AvgIpc) is 3.56. The number of aryl methyl sites for hydroxylation is 1. The number of alkyl halides is 2. The number of fused-ring (bicyclic) bond motifs is 1. The molecule has 1 fully saturated rings. The lowest BCUT2D eigenvalue weighted by molar-refractivity contribution is -0.131. The number of aromatic nitrogens is 1. The van der Waals surface area contributed by atoms with Crippen LogP contribution >= 0.6 is 24.6 Å². The molecule has 0 aliphatic carbocycles. The highest BCUT2D eigenvalue weighted by atomic mass is 32.3. The number of sulfonamides is 1. The predicted octanol–water partition coefficient (Wildman–Crippen LogP) is 4.64. The van der Waals surface area contributed by atoms with Crippen LogP contribution < -0.4 is 3.71 Å². The molecule has 1 unspecified atom stereocenters. The van der Waals surface area contributed by atoms with Gasteiger partial charge in [-0.3, -0.25) is 9.79 Å². The summed E-state index contributed by atoms with van der Waals surface area (Å²) >= 11 is 5.76. The summed E-state index contributed by atoms with van der Waals surface area (Å²) in [4.78, 5) is 21.6. The van der Waals surface area contributed by atoms with Crippen LogP contribution in [-0.2, 0) is 14.8 Å². The summed E-state index contributed by atoms with van der Waals surface area (Å²) in [5.74, 6) is -3.09. The maximum Gasteiger partial charge on any atom is 0.273 e. The van der Waals surface area contributed by atoms with E-state index < -0.39 is 22.5 Å². The van der Waals surface area contributed by atoms with Crippen LogP contribution in [0.4, 0.5) is 14.5 Å². The van der Waals surface area contributed by atoms with Crippen molar-refractivity contribution in [3.8, 4) is 0 Å². The SMILES string of the molecule is Cc1cccc(S(=O)(=O)N(S)c2cccc3cc(C4=NCC(CC(=O)N5CCC(F)(F)C5)S4)[nH]c23)c1. The summed E-state index contributed by atoms with van der Waals surface area (Å²) in [6, 6.07) is 13.8. The number of aromatic amines is 1. The maximum absolute atomic E-state index is 13.5. The number of aliphatic imine (C=N–C) groups is 1. The monoisotopic (exact) mass is 550 g/mol. The molecule has 5 rings (SSSR count). The number of likely N-dealkylation sites (tertiary alicyclic amines) is 1. The highest BCUT2D eigenvalue weighted by Gasteiger charge is 2.41. The largest absolute Gasteiger partial charge is 0.351 e. The van der Waals surface area contributed by atoms with E-state index in [0.29, 0.717) is 28.5 Å². The molecule has 2 aliphatic rings. The summed E-state index contributed by atoms with van der Waals surface area (Å²) in [7, 11) is -3.91. The second-order valence-electron chi connectivity index (χ2n) is 9.00. The number of thiol groups is 1. The Bertz CT molecular complexity index is 1470. The van der Waals surface area contributed by atoms with Crippen LogP contribution in [0.15, 0.2) is 58.4 Å². The first-order valence-corrected chi connectivity index (χ1v) is 14.1. The summed E-state index contributed by atoms with van der Waals surface area (Å²) in [6.07, 6.45) is -0.157. The standard InChI is InChI=1S/C24H24F2N4O3S3/c1-15-4-2-6-18(10-15)36(32,33)30(34)20-7-3-5-16-11-19(28-22(16)20)23-27-13-17(35-23)12-21(31)29-9-8-24(25,26)14-29/h2-7,10-11,17,28,34H,8-9,12-14H2,1H3. The van der Waals surface area contributed by atoms with Gasteiger partial charge in [-0.15, -0.1) is 0 Å². The molecule has 7 nitrogen and oxygen atoms in total. The van der Waals surface area contributed by atoms with Gasteiger partial charge in [-0.25, -0.2) is 20.9 Å². The second kappa shape index (κ2) is 9.38. The average molecular weight is 551 g/mol. The van der Waals surface area contributed by atoms with Gasteiger partial charge in [0.15, 0.2) is 0 Å². The zero-order valence-corrected chi connectivity index (χ0v) is 21.8. The quantitative estimate of drug-likeness (QED) is 0.438. The van der Waals surface area contributed by atoms with Crippen molar-refractivity contribution in [3.63, 3.8) is 0 Å². The number of nitrogens with one attached hydrogen (secondary N) is 1. The number of carbonyl (C=O) groups is 1. The van der Waals surface area contributed by atoms with Crippen molar-refractivity contribution in [2.75, 3.05) is 23.3 Å². The number of benzene rings is 2. The molecule has 2 aromatic carbocycles. The van der Waals surface area contributed by atoms with E-state index in [1.54, 1.807) is 24.3 Å². The highest BCUT2D eigenvalue weighted by Crippen LogP contribution is 2.36. The summed E-state index contributed by atoms with van der Waals surface area (Å²) < 4.78 is 54.3. The molecular weight excluding hydrogens is 526 g/mol. The Morgan fingerprint density at radius 2 is 2.06 bits per heavy atom. The summed E-state index contributed by atoms with van der Waals surface area (Å²) in [5.41, 5.74) is 2.47. The minimum Gasteiger partial charge on any atom is -0.351 e. The van der Waals surface area contributed by atoms with Crippen LogP contribution in [0.3, 0.4) is 0 Å². The van der Waals surface area contributed by atoms with Crippen molar-refractivity contribution in [2.24, 2.45) is 4.99 Å². The van der Waals surface area contributed by atoms with E-state index in [0.717, 1.165) is 14.7 Å². The molecule has 1 amide bonds. The van der Waals surface area contributed by atoms with Crippen LogP contribution in [0.2, 0.25) is 0 Å². The number of hydrogen-bond donors (Lipinski definition) is 2. The normalized spacial score (nSPS) is 19.6. The fourth-order valence-electron chi connectivity index (χ4n) is 4.36. The maximum atomic E-state index is 13.5. The number of nitrogens with zero attached hydrogens (tertiary/aromatic N) is 3. The molecular formula is C24H24F2N4O3S3. The Kier molecular flexibility index (Phi) is 6.54. The zero-order chi connectivity index (χ0) is 25.7. The molecule has 0 bridgehead atoms. The molecule has 12 heteroatoms. The predicted molar refractivity (Wildman–Crippen MR) is 142 cm³/mol. The number of anilines is 1. The zero-order valence-electron chi connectivity index (χ0n) is 19.3. The van der Waals surface area contributed by atoms with Crippen molar-refractivity contribution in [1.29, 1.82) is 0 Å². The Morgan fingerprint density at radius 1 is 1.28 bits per heavy atom. The van der Waals surface area contributed by atoms with E-state index in [4.69, 9.17) is 0 Å². The fraction of sp³-hybridized carbons (Fsp3) is 0.333. The topological polar surface area (TPSA) is 85.8 Å². The number of H-pyrrole nitrogens is 1. The molecule has 0 radical (unpaired) electrons. The van der Waals surface area contributed by atoms with Crippen LogP contribution in [0.5, 0.6) is 0 Å². The van der Waals surface area contributed by atoms with Gasteiger partial charge in [0.05, 0.1) is 34.9 Å². The van der Waals surface area contributed by atoms with Gasteiger partial charge in [0.25, 0.3) is 15.9 Å². The van der Waals surface area contributed by atoms with Crippen molar-refractivity contribution in [1.82, 2.24) is 9.88 Å². The van der Waals surface area contributed by atoms with Gasteiger partial charge >= 0.3 is 0 Å². The van der Waals surface area contributed by atoms with Crippen molar-refractivity contribution >= 4 is 62.1 Å². The fourth-order valence-corrected chi connectivity index (χ4v) is 7.09. The van der Waals surface area contributed by atoms with Gasteiger partial charge in [-0.2, -0.15) is 0 Å². The Hall–Kier alpha value is -2.57. The first-order chi connectivity index (χ1) is 17.0. The molecule has 0 spiro atoms. The molecule has 2 aliphatic heterocycles. The molecule has 36 heavy (non-hydrogen) atoms. The first kappa shape index (κ1) is 25.1. The van der Waals surface area contributed by atoms with E-state index in [1.165, 1.54) is 22.7 Å². The molecule has 0 saturated carbocycles. The van der Waals surface area contributed by atoms with Crippen LogP contribution in [0.25, 0.3) is 10.9 Å². The molecule has 1 saturated heterocycles. The number of hydrogen-bond acceptors (Lipinski definition) is 6. The molecule has 1 atom stereocenters. The highest BCUT2D eigenvalue weighted by molar-refractivity contribution is 8.15. The smallest absolute Gasteiger partial charge is 0.273 e. The number of amides is 1. The van der Waals surface area contributed by atoms with Crippen molar-refractivity contribution in [3.05, 3.63) is 59.8 Å². The molecule has 190 valence electrons. The van der Waals surface area contributed by atoms with Crippen molar-refractivity contribution < 1.29 is 22.0 Å². The van der Waals surface area contributed by atoms with E-state index >= 15 is 0 Å². The van der Waals surface area contributed by atoms with Gasteiger partial charge in [-0.05, 0) is 49.6 Å². The number of thioether (sulfide) groups is 1. The Balaban J connectivity index is 1.34. The van der Waals surface area contributed by atoms with Gasteiger partial charge < -0.3 is 9.88 Å². The third-order valence-electron chi connectivity index (χ3n) is 6.23.